The average molecular weight is 463 g/mol. The summed E-state index contributed by atoms with van der Waals surface area (Å²) in [5.74, 6) is 0.271. The predicted octanol–water partition coefficient (Wildman–Crippen LogP) is 2.74. The fourth-order valence-corrected chi connectivity index (χ4v) is 4.23. The molecule has 2 aromatic rings. The van der Waals surface area contributed by atoms with Crippen LogP contribution in [0.25, 0.3) is 0 Å². The molecular formula is C22H26N2O7S. The Hall–Kier alpha value is -3.27. The van der Waals surface area contributed by atoms with Crippen molar-refractivity contribution in [2.24, 2.45) is 0 Å². The first-order valence-electron chi connectivity index (χ1n) is 10.0. The zero-order valence-corrected chi connectivity index (χ0v) is 19.0. The van der Waals surface area contributed by atoms with Crippen molar-refractivity contribution in [3.8, 4) is 11.5 Å². The number of carbonyl (C=O) groups excluding carboxylic acids is 2. The maximum absolute atomic E-state index is 12.4. The monoisotopic (exact) mass is 462 g/mol. The zero-order chi connectivity index (χ0) is 23.3. The summed E-state index contributed by atoms with van der Waals surface area (Å²) >= 11 is 0. The molecule has 9 nitrogen and oxygen atoms in total. The number of esters is 1. The van der Waals surface area contributed by atoms with Crippen LogP contribution in [0.5, 0.6) is 11.5 Å². The Morgan fingerprint density at radius 1 is 1.09 bits per heavy atom. The van der Waals surface area contributed by atoms with Gasteiger partial charge in [0.25, 0.3) is 0 Å². The molecule has 3 rings (SSSR count). The van der Waals surface area contributed by atoms with Gasteiger partial charge in [0, 0.05) is 24.7 Å². The van der Waals surface area contributed by atoms with Crippen molar-refractivity contribution >= 4 is 33.3 Å². The molecule has 0 saturated heterocycles. The number of amides is 1. The van der Waals surface area contributed by atoms with Crippen LogP contribution in [-0.2, 0) is 19.6 Å². The number of sulfonamides is 1. The van der Waals surface area contributed by atoms with E-state index in [2.05, 4.69) is 5.32 Å². The van der Waals surface area contributed by atoms with Gasteiger partial charge in [-0.2, -0.15) is 0 Å². The third-order valence-corrected chi connectivity index (χ3v) is 6.11. The Morgan fingerprint density at radius 2 is 1.81 bits per heavy atom. The number of methoxy groups -OCH3 is 1. The molecule has 2 aromatic carbocycles. The molecule has 0 atom stereocenters. The highest BCUT2D eigenvalue weighted by atomic mass is 32.2. The number of hydrogen-bond acceptors (Lipinski definition) is 7. The molecule has 172 valence electrons. The molecule has 0 unspecified atom stereocenters. The molecule has 0 spiro atoms. The highest BCUT2D eigenvalue weighted by Gasteiger charge is 2.21. The van der Waals surface area contributed by atoms with E-state index in [1.54, 1.807) is 36.4 Å². The molecule has 1 amide bonds. The lowest BCUT2D eigenvalue weighted by Gasteiger charge is -2.25. The Labute approximate surface area is 187 Å². The van der Waals surface area contributed by atoms with Crippen molar-refractivity contribution in [1.29, 1.82) is 0 Å². The number of benzene rings is 2. The smallest absolute Gasteiger partial charge is 0.337 e. The minimum atomic E-state index is -3.57. The summed E-state index contributed by atoms with van der Waals surface area (Å²) in [6, 6.07) is 9.83. The van der Waals surface area contributed by atoms with Crippen LogP contribution in [0.1, 0.15) is 28.8 Å². The molecule has 1 aliphatic rings. The lowest BCUT2D eigenvalue weighted by atomic mass is 10.1. The van der Waals surface area contributed by atoms with Gasteiger partial charge in [0.2, 0.25) is 15.9 Å². The van der Waals surface area contributed by atoms with E-state index in [1.807, 2.05) is 6.92 Å². The van der Waals surface area contributed by atoms with Crippen molar-refractivity contribution in [3.05, 3.63) is 47.5 Å². The SMILES string of the molecule is COC(=O)c1ccc(C)c(NC(=O)CCCN(c2ccc3c(c2)OCCO3)S(C)(=O)=O)c1. The molecule has 0 saturated carbocycles. The van der Waals surface area contributed by atoms with E-state index >= 15 is 0 Å². The summed E-state index contributed by atoms with van der Waals surface area (Å²) in [6.07, 6.45) is 1.51. The van der Waals surface area contributed by atoms with Crippen LogP contribution in [0.15, 0.2) is 36.4 Å². The first kappa shape index (κ1) is 23.4. The molecule has 0 bridgehead atoms. The number of fused-ring (bicyclic) bond motifs is 1. The van der Waals surface area contributed by atoms with Gasteiger partial charge in [-0.05, 0) is 43.2 Å². The summed E-state index contributed by atoms with van der Waals surface area (Å²) in [5.41, 5.74) is 2.07. The highest BCUT2D eigenvalue weighted by molar-refractivity contribution is 7.92. The summed E-state index contributed by atoms with van der Waals surface area (Å²) < 4.78 is 41.7. The molecule has 0 radical (unpaired) electrons. The number of aryl methyl sites for hydroxylation is 1. The maximum atomic E-state index is 12.4. The summed E-state index contributed by atoms with van der Waals surface area (Å²) in [7, 11) is -2.28. The van der Waals surface area contributed by atoms with Crippen molar-refractivity contribution < 1.29 is 32.2 Å². The number of nitrogens with zero attached hydrogens (tertiary/aromatic N) is 1. The Balaban J connectivity index is 1.64. The Bertz CT molecular complexity index is 1120. The zero-order valence-electron chi connectivity index (χ0n) is 18.2. The quantitative estimate of drug-likeness (QED) is 0.601. The van der Waals surface area contributed by atoms with Gasteiger partial charge in [0.15, 0.2) is 11.5 Å². The average Bonchev–Trinajstić information content (AvgIpc) is 2.76. The normalized spacial score (nSPS) is 12.7. The topological polar surface area (TPSA) is 111 Å². The standard InChI is InChI=1S/C22H26N2O7S/c1-15-6-7-16(22(26)29-2)13-18(15)23-21(25)5-4-10-24(32(3,27)28)17-8-9-19-20(14-17)31-12-11-30-19/h6-9,13-14H,4-5,10-12H2,1-3H3,(H,23,25). The van der Waals surface area contributed by atoms with Gasteiger partial charge in [0.1, 0.15) is 13.2 Å². The number of hydrogen-bond donors (Lipinski definition) is 1. The molecule has 0 fully saturated rings. The molecule has 10 heteroatoms. The minimum Gasteiger partial charge on any atom is -0.486 e. The summed E-state index contributed by atoms with van der Waals surface area (Å²) in [6.45, 7) is 2.77. The van der Waals surface area contributed by atoms with Gasteiger partial charge in [-0.1, -0.05) is 6.07 Å². The lowest BCUT2D eigenvalue weighted by Crippen LogP contribution is -2.31. The second-order valence-corrected chi connectivity index (χ2v) is 9.24. The van der Waals surface area contributed by atoms with Gasteiger partial charge in [0.05, 0.1) is 24.6 Å². The molecular weight excluding hydrogens is 436 g/mol. The molecule has 32 heavy (non-hydrogen) atoms. The van der Waals surface area contributed by atoms with Crippen LogP contribution in [0.3, 0.4) is 0 Å². The second kappa shape index (κ2) is 9.90. The van der Waals surface area contributed by atoms with Crippen molar-refractivity contribution in [2.75, 3.05) is 42.7 Å². The van der Waals surface area contributed by atoms with Gasteiger partial charge >= 0.3 is 5.97 Å². The fourth-order valence-electron chi connectivity index (χ4n) is 3.27. The van der Waals surface area contributed by atoms with E-state index in [4.69, 9.17) is 14.2 Å². The van der Waals surface area contributed by atoms with E-state index in [0.717, 1.165) is 11.8 Å². The van der Waals surface area contributed by atoms with Crippen LogP contribution in [0.4, 0.5) is 11.4 Å². The number of nitrogens with one attached hydrogen (secondary N) is 1. The first-order chi connectivity index (χ1) is 15.2. The first-order valence-corrected chi connectivity index (χ1v) is 11.9. The largest absolute Gasteiger partial charge is 0.486 e. The molecule has 0 aromatic heterocycles. The molecule has 1 heterocycles. The molecule has 1 aliphatic heterocycles. The highest BCUT2D eigenvalue weighted by Crippen LogP contribution is 2.34. The third-order valence-electron chi connectivity index (χ3n) is 4.91. The van der Waals surface area contributed by atoms with Gasteiger partial charge < -0.3 is 19.5 Å². The number of carbonyl (C=O) groups is 2. The molecule has 0 aliphatic carbocycles. The van der Waals surface area contributed by atoms with Crippen LogP contribution < -0.4 is 19.1 Å². The van der Waals surface area contributed by atoms with E-state index < -0.39 is 16.0 Å². The molecule has 1 N–H and O–H groups in total. The Kier molecular flexibility index (Phi) is 7.24. The van der Waals surface area contributed by atoms with Crippen LogP contribution in [-0.4, -0.2) is 53.4 Å². The van der Waals surface area contributed by atoms with E-state index in [0.29, 0.717) is 48.1 Å². The summed E-state index contributed by atoms with van der Waals surface area (Å²) in [4.78, 5) is 24.2. The fraction of sp³-hybridized carbons (Fsp3) is 0.364. The van der Waals surface area contributed by atoms with Crippen molar-refractivity contribution in [3.63, 3.8) is 0 Å². The van der Waals surface area contributed by atoms with Gasteiger partial charge in [-0.15, -0.1) is 0 Å². The maximum Gasteiger partial charge on any atom is 0.337 e. The van der Waals surface area contributed by atoms with E-state index in [9.17, 15) is 18.0 Å². The van der Waals surface area contributed by atoms with Crippen molar-refractivity contribution in [2.45, 2.75) is 19.8 Å². The third kappa shape index (κ3) is 5.70. The number of ether oxygens (including phenoxy) is 3. The predicted molar refractivity (Wildman–Crippen MR) is 120 cm³/mol. The Morgan fingerprint density at radius 3 is 2.50 bits per heavy atom. The van der Waals surface area contributed by atoms with Crippen molar-refractivity contribution in [1.82, 2.24) is 0 Å². The number of rotatable bonds is 8. The van der Waals surface area contributed by atoms with E-state index in [1.165, 1.54) is 11.4 Å². The van der Waals surface area contributed by atoms with Gasteiger partial charge in [-0.3, -0.25) is 9.10 Å². The number of anilines is 2. The lowest BCUT2D eigenvalue weighted by molar-refractivity contribution is -0.116. The van der Waals surface area contributed by atoms with Crippen LogP contribution >= 0.6 is 0 Å². The van der Waals surface area contributed by atoms with Crippen LogP contribution in [0, 0.1) is 6.92 Å². The summed E-state index contributed by atoms with van der Waals surface area (Å²) in [5, 5.41) is 2.77. The van der Waals surface area contributed by atoms with Crippen LogP contribution in [0.2, 0.25) is 0 Å². The second-order valence-electron chi connectivity index (χ2n) is 7.34. The van der Waals surface area contributed by atoms with E-state index in [-0.39, 0.29) is 18.9 Å². The van der Waals surface area contributed by atoms with Gasteiger partial charge in [-0.25, -0.2) is 13.2 Å². The minimum absolute atomic E-state index is 0.0957.